The molecule has 2 aromatic rings. The van der Waals surface area contributed by atoms with Gasteiger partial charge in [-0.05, 0) is 24.6 Å². The number of halogens is 3. The fourth-order valence-electron chi connectivity index (χ4n) is 1.61. The summed E-state index contributed by atoms with van der Waals surface area (Å²) >= 11 is 15.5. The summed E-state index contributed by atoms with van der Waals surface area (Å²) < 4.78 is 2.84. The van der Waals surface area contributed by atoms with Crippen molar-refractivity contribution in [3.8, 4) is 0 Å². The minimum Gasteiger partial charge on any atom is -0.249 e. The average molecular weight is 334 g/mol. The van der Waals surface area contributed by atoms with Gasteiger partial charge in [-0.3, -0.25) is 0 Å². The Morgan fingerprint density at radius 1 is 1.29 bits per heavy atom. The first-order chi connectivity index (χ1) is 8.11. The predicted octanol–water partition coefficient (Wildman–Crippen LogP) is 4.39. The molecular formula is C12H11BrCl2N2. The molecule has 90 valence electrons. The van der Waals surface area contributed by atoms with Gasteiger partial charge in [-0.25, -0.2) is 4.68 Å². The third-order valence-electron chi connectivity index (χ3n) is 2.56. The van der Waals surface area contributed by atoms with Crippen LogP contribution in [0.2, 0.25) is 5.15 Å². The number of rotatable bonds is 3. The topological polar surface area (TPSA) is 17.8 Å². The molecule has 0 aliphatic rings. The summed E-state index contributed by atoms with van der Waals surface area (Å²) in [7, 11) is 0. The Morgan fingerprint density at radius 3 is 2.47 bits per heavy atom. The van der Waals surface area contributed by atoms with E-state index in [1.165, 1.54) is 0 Å². The van der Waals surface area contributed by atoms with Gasteiger partial charge in [0, 0.05) is 10.0 Å². The normalized spacial score (nSPS) is 10.8. The lowest BCUT2D eigenvalue weighted by Gasteiger charge is -2.04. The third-order valence-corrected chi connectivity index (χ3v) is 3.78. The standard InChI is InChI=1S/C12H11BrCl2N2/c1-8-11(6-14)12(15)17(16-8)7-9-2-4-10(13)5-3-9/h2-5H,6-7H2,1H3. The van der Waals surface area contributed by atoms with Gasteiger partial charge < -0.3 is 0 Å². The fraction of sp³-hybridized carbons (Fsp3) is 0.250. The second-order valence-corrected chi connectivity index (χ2v) is 5.31. The van der Waals surface area contributed by atoms with Crippen LogP contribution in [0.3, 0.4) is 0 Å². The number of alkyl halides is 1. The Morgan fingerprint density at radius 2 is 1.94 bits per heavy atom. The van der Waals surface area contributed by atoms with Gasteiger partial charge in [0.1, 0.15) is 5.15 Å². The molecule has 0 radical (unpaired) electrons. The van der Waals surface area contributed by atoms with Gasteiger partial charge >= 0.3 is 0 Å². The van der Waals surface area contributed by atoms with Crippen LogP contribution in [0.5, 0.6) is 0 Å². The van der Waals surface area contributed by atoms with Crippen LogP contribution in [0.15, 0.2) is 28.7 Å². The van der Waals surface area contributed by atoms with E-state index in [-0.39, 0.29) is 0 Å². The van der Waals surface area contributed by atoms with E-state index in [0.717, 1.165) is 21.3 Å². The number of hydrogen-bond acceptors (Lipinski definition) is 1. The van der Waals surface area contributed by atoms with Crippen molar-refractivity contribution in [2.45, 2.75) is 19.3 Å². The van der Waals surface area contributed by atoms with E-state index in [1.807, 2.05) is 31.2 Å². The van der Waals surface area contributed by atoms with Crippen LogP contribution in [-0.4, -0.2) is 9.78 Å². The van der Waals surface area contributed by atoms with Gasteiger partial charge in [0.15, 0.2) is 0 Å². The van der Waals surface area contributed by atoms with Crippen LogP contribution in [0, 0.1) is 6.92 Å². The van der Waals surface area contributed by atoms with Crippen LogP contribution in [-0.2, 0) is 12.4 Å². The molecular weight excluding hydrogens is 323 g/mol. The first kappa shape index (κ1) is 12.9. The monoisotopic (exact) mass is 332 g/mol. The van der Waals surface area contributed by atoms with Gasteiger partial charge in [-0.1, -0.05) is 39.7 Å². The first-order valence-electron chi connectivity index (χ1n) is 5.14. The van der Waals surface area contributed by atoms with Crippen molar-refractivity contribution in [2.24, 2.45) is 0 Å². The van der Waals surface area contributed by atoms with E-state index < -0.39 is 0 Å². The second-order valence-electron chi connectivity index (χ2n) is 3.77. The molecule has 0 fully saturated rings. The highest BCUT2D eigenvalue weighted by Crippen LogP contribution is 2.22. The van der Waals surface area contributed by atoms with Crippen LogP contribution < -0.4 is 0 Å². The van der Waals surface area contributed by atoms with E-state index in [0.29, 0.717) is 17.6 Å². The van der Waals surface area contributed by atoms with Crippen molar-refractivity contribution in [3.63, 3.8) is 0 Å². The Hall–Kier alpha value is -0.510. The Labute approximate surface area is 119 Å². The van der Waals surface area contributed by atoms with Crippen molar-refractivity contribution < 1.29 is 0 Å². The third kappa shape index (κ3) is 2.84. The molecule has 2 rings (SSSR count). The molecule has 0 aliphatic carbocycles. The highest BCUT2D eigenvalue weighted by molar-refractivity contribution is 9.10. The maximum atomic E-state index is 6.22. The molecule has 1 heterocycles. The van der Waals surface area contributed by atoms with Crippen LogP contribution >= 0.6 is 39.1 Å². The van der Waals surface area contributed by atoms with E-state index >= 15 is 0 Å². The average Bonchev–Trinajstić information content (AvgIpc) is 2.57. The lowest BCUT2D eigenvalue weighted by Crippen LogP contribution is -2.01. The quantitative estimate of drug-likeness (QED) is 0.761. The Bertz CT molecular complexity index is 520. The van der Waals surface area contributed by atoms with Gasteiger partial charge in [-0.2, -0.15) is 5.10 Å². The number of hydrogen-bond donors (Lipinski definition) is 0. The summed E-state index contributed by atoms with van der Waals surface area (Å²) in [4.78, 5) is 0. The SMILES string of the molecule is Cc1nn(Cc2ccc(Br)cc2)c(Cl)c1CCl. The van der Waals surface area contributed by atoms with Crippen molar-refractivity contribution in [1.29, 1.82) is 0 Å². The van der Waals surface area contributed by atoms with Crippen molar-refractivity contribution >= 4 is 39.1 Å². The van der Waals surface area contributed by atoms with Gasteiger partial charge in [-0.15, -0.1) is 11.6 Å². The molecule has 0 bridgehead atoms. The molecule has 0 spiro atoms. The summed E-state index contributed by atoms with van der Waals surface area (Å²) in [6, 6.07) is 8.08. The molecule has 0 aliphatic heterocycles. The van der Waals surface area contributed by atoms with E-state index in [2.05, 4.69) is 21.0 Å². The van der Waals surface area contributed by atoms with Crippen molar-refractivity contribution in [3.05, 3.63) is 50.7 Å². The number of nitrogens with zero attached hydrogens (tertiary/aromatic N) is 2. The lowest BCUT2D eigenvalue weighted by atomic mass is 10.2. The molecule has 1 aromatic heterocycles. The molecule has 0 amide bonds. The zero-order chi connectivity index (χ0) is 12.4. The molecule has 0 saturated heterocycles. The molecule has 5 heteroatoms. The largest absolute Gasteiger partial charge is 0.249 e. The van der Waals surface area contributed by atoms with Crippen molar-refractivity contribution in [1.82, 2.24) is 9.78 Å². The smallest absolute Gasteiger partial charge is 0.132 e. The van der Waals surface area contributed by atoms with Gasteiger partial charge in [0.2, 0.25) is 0 Å². The van der Waals surface area contributed by atoms with Crippen LogP contribution in [0.1, 0.15) is 16.8 Å². The lowest BCUT2D eigenvalue weighted by molar-refractivity contribution is 0.680. The summed E-state index contributed by atoms with van der Waals surface area (Å²) in [6.07, 6.45) is 0. The number of aryl methyl sites for hydroxylation is 1. The minimum absolute atomic E-state index is 0.394. The second kappa shape index (κ2) is 5.42. The zero-order valence-corrected chi connectivity index (χ0v) is 12.3. The van der Waals surface area contributed by atoms with E-state index in [1.54, 1.807) is 4.68 Å². The summed E-state index contributed by atoms with van der Waals surface area (Å²) in [5.74, 6) is 0.394. The van der Waals surface area contributed by atoms with Crippen LogP contribution in [0.4, 0.5) is 0 Å². The summed E-state index contributed by atoms with van der Waals surface area (Å²) in [5.41, 5.74) is 2.95. The number of aromatic nitrogens is 2. The first-order valence-corrected chi connectivity index (χ1v) is 6.84. The number of benzene rings is 1. The fourth-order valence-corrected chi connectivity index (χ4v) is 2.56. The molecule has 17 heavy (non-hydrogen) atoms. The molecule has 1 aromatic carbocycles. The maximum Gasteiger partial charge on any atom is 0.132 e. The predicted molar refractivity (Wildman–Crippen MR) is 74.8 cm³/mol. The van der Waals surface area contributed by atoms with Crippen molar-refractivity contribution in [2.75, 3.05) is 0 Å². The van der Waals surface area contributed by atoms with Gasteiger partial charge in [0.25, 0.3) is 0 Å². The highest BCUT2D eigenvalue weighted by atomic mass is 79.9. The Balaban J connectivity index is 2.27. The minimum atomic E-state index is 0.394. The molecule has 0 unspecified atom stereocenters. The summed E-state index contributed by atoms with van der Waals surface area (Å²) in [6.45, 7) is 2.57. The Kier molecular flexibility index (Phi) is 4.13. The molecule has 2 nitrogen and oxygen atoms in total. The molecule has 0 atom stereocenters. The zero-order valence-electron chi connectivity index (χ0n) is 9.25. The highest BCUT2D eigenvalue weighted by Gasteiger charge is 2.12. The molecule has 0 saturated carbocycles. The summed E-state index contributed by atoms with van der Waals surface area (Å²) in [5, 5.41) is 5.01. The molecule has 0 N–H and O–H groups in total. The van der Waals surface area contributed by atoms with Gasteiger partial charge in [0.05, 0.1) is 18.1 Å². The van der Waals surface area contributed by atoms with E-state index in [9.17, 15) is 0 Å². The maximum absolute atomic E-state index is 6.22. The van der Waals surface area contributed by atoms with Crippen LogP contribution in [0.25, 0.3) is 0 Å². The van der Waals surface area contributed by atoms with E-state index in [4.69, 9.17) is 23.2 Å².